The van der Waals surface area contributed by atoms with Crippen molar-refractivity contribution in [1.82, 2.24) is 0 Å². The van der Waals surface area contributed by atoms with Gasteiger partial charge in [0.15, 0.2) is 0 Å². The van der Waals surface area contributed by atoms with Crippen LogP contribution in [0, 0.1) is 0 Å². The highest BCUT2D eigenvalue weighted by Crippen LogP contribution is 2.44. The van der Waals surface area contributed by atoms with E-state index in [9.17, 15) is 0 Å². The molecule has 0 spiro atoms. The first kappa shape index (κ1) is 11.3. The first-order valence-electron chi connectivity index (χ1n) is 6.60. The van der Waals surface area contributed by atoms with E-state index in [0.29, 0.717) is 6.10 Å². The Hall–Kier alpha value is -1.51. The van der Waals surface area contributed by atoms with Gasteiger partial charge in [0.25, 0.3) is 0 Å². The fourth-order valence-electron chi connectivity index (χ4n) is 3.10. The molecule has 96 valence electrons. The Balaban J connectivity index is 1.77. The molecule has 2 nitrogen and oxygen atoms in total. The molecule has 0 saturated carbocycles. The average molecular weight is 272 g/mol. The number of hydrogen-bond donors (Lipinski definition) is 0. The SMILES string of the molecule is Clc1cccc([C@@H]2C[C@@H]3Cc4ccccc4N2O3)c1. The standard InChI is InChI=1S/C16H14ClNO/c17-13-6-3-5-11(8-13)16-10-14-9-12-4-1-2-7-15(12)18(16)19-14/h1-8,14,16H,9-10H2/t14-,16-/m0/s1. The molecule has 3 heteroatoms. The van der Waals surface area contributed by atoms with Crippen LogP contribution in [0.4, 0.5) is 5.69 Å². The molecular formula is C16H14ClNO. The lowest BCUT2D eigenvalue weighted by Gasteiger charge is -2.30. The van der Waals surface area contributed by atoms with Gasteiger partial charge in [-0.05, 0) is 29.3 Å². The minimum Gasteiger partial charge on any atom is -0.269 e. The summed E-state index contributed by atoms with van der Waals surface area (Å²) in [5.74, 6) is 0. The Labute approximate surface area is 117 Å². The highest BCUT2D eigenvalue weighted by molar-refractivity contribution is 6.30. The predicted octanol–water partition coefficient (Wildman–Crippen LogP) is 4.15. The monoisotopic (exact) mass is 271 g/mol. The molecule has 19 heavy (non-hydrogen) atoms. The molecule has 2 aromatic rings. The van der Waals surface area contributed by atoms with Gasteiger partial charge in [-0.15, -0.1) is 0 Å². The molecular weight excluding hydrogens is 258 g/mol. The number of nitrogens with zero attached hydrogens (tertiary/aromatic N) is 1. The molecule has 2 aromatic carbocycles. The zero-order valence-corrected chi connectivity index (χ0v) is 11.2. The number of fused-ring (bicyclic) bond motifs is 4. The number of halogens is 1. The van der Waals surface area contributed by atoms with E-state index in [1.54, 1.807) is 0 Å². The van der Waals surface area contributed by atoms with Crippen molar-refractivity contribution in [1.29, 1.82) is 0 Å². The number of hydroxylamine groups is 1. The van der Waals surface area contributed by atoms with Crippen LogP contribution in [0.1, 0.15) is 23.6 Å². The Bertz CT molecular complexity index is 628. The Kier molecular flexibility index (Phi) is 2.54. The van der Waals surface area contributed by atoms with Crippen LogP contribution in [0.2, 0.25) is 5.02 Å². The van der Waals surface area contributed by atoms with Crippen LogP contribution in [0.3, 0.4) is 0 Å². The topological polar surface area (TPSA) is 12.5 Å². The summed E-state index contributed by atoms with van der Waals surface area (Å²) in [4.78, 5) is 6.02. The van der Waals surface area contributed by atoms with Crippen LogP contribution in [0.25, 0.3) is 0 Å². The van der Waals surface area contributed by atoms with E-state index < -0.39 is 0 Å². The van der Waals surface area contributed by atoms with Gasteiger partial charge in [0.1, 0.15) is 0 Å². The molecule has 1 saturated heterocycles. The van der Waals surface area contributed by atoms with E-state index in [1.165, 1.54) is 16.8 Å². The molecule has 2 bridgehead atoms. The molecule has 1 fully saturated rings. The van der Waals surface area contributed by atoms with E-state index in [0.717, 1.165) is 17.9 Å². The first-order valence-corrected chi connectivity index (χ1v) is 6.98. The Morgan fingerprint density at radius 2 is 2.00 bits per heavy atom. The molecule has 2 aliphatic rings. The van der Waals surface area contributed by atoms with Gasteiger partial charge in [-0.25, -0.2) is 5.06 Å². The van der Waals surface area contributed by atoms with Gasteiger partial charge in [0.05, 0.1) is 17.8 Å². The lowest BCUT2D eigenvalue weighted by Crippen LogP contribution is -2.27. The molecule has 0 unspecified atom stereocenters. The van der Waals surface area contributed by atoms with Crippen LogP contribution >= 0.6 is 11.6 Å². The second-order valence-corrected chi connectivity index (χ2v) is 5.63. The smallest absolute Gasteiger partial charge is 0.0921 e. The van der Waals surface area contributed by atoms with E-state index in [2.05, 4.69) is 35.4 Å². The maximum absolute atomic E-state index is 6.11. The predicted molar refractivity (Wildman–Crippen MR) is 76.3 cm³/mol. The Morgan fingerprint density at radius 1 is 1.11 bits per heavy atom. The summed E-state index contributed by atoms with van der Waals surface area (Å²) < 4.78 is 0. The van der Waals surface area contributed by atoms with E-state index >= 15 is 0 Å². The highest BCUT2D eigenvalue weighted by Gasteiger charge is 2.39. The van der Waals surface area contributed by atoms with Crippen LogP contribution in [0.5, 0.6) is 0 Å². The third-order valence-electron chi connectivity index (χ3n) is 3.94. The first-order chi connectivity index (χ1) is 9.31. The second-order valence-electron chi connectivity index (χ2n) is 5.19. The minimum absolute atomic E-state index is 0.271. The van der Waals surface area contributed by atoms with Gasteiger partial charge < -0.3 is 0 Å². The molecule has 2 heterocycles. The van der Waals surface area contributed by atoms with Gasteiger partial charge in [-0.3, -0.25) is 4.84 Å². The number of para-hydroxylation sites is 1. The molecule has 4 rings (SSSR count). The van der Waals surface area contributed by atoms with Crippen LogP contribution < -0.4 is 5.06 Å². The summed E-state index contributed by atoms with van der Waals surface area (Å²) >= 11 is 6.11. The quantitative estimate of drug-likeness (QED) is 0.773. The highest BCUT2D eigenvalue weighted by atomic mass is 35.5. The van der Waals surface area contributed by atoms with Crippen molar-refractivity contribution in [2.24, 2.45) is 0 Å². The van der Waals surface area contributed by atoms with Crippen molar-refractivity contribution < 1.29 is 4.84 Å². The minimum atomic E-state index is 0.271. The maximum Gasteiger partial charge on any atom is 0.0921 e. The van der Waals surface area contributed by atoms with E-state index in [-0.39, 0.29) is 6.04 Å². The van der Waals surface area contributed by atoms with Crippen molar-refractivity contribution in [3.8, 4) is 0 Å². The fraction of sp³-hybridized carbons (Fsp3) is 0.250. The molecule has 0 radical (unpaired) electrons. The van der Waals surface area contributed by atoms with Crippen LogP contribution in [0.15, 0.2) is 48.5 Å². The van der Waals surface area contributed by atoms with Crippen molar-refractivity contribution in [2.45, 2.75) is 25.0 Å². The van der Waals surface area contributed by atoms with Gasteiger partial charge >= 0.3 is 0 Å². The van der Waals surface area contributed by atoms with Crippen molar-refractivity contribution in [3.05, 3.63) is 64.7 Å². The number of hydrogen-bond acceptors (Lipinski definition) is 2. The fourth-order valence-corrected chi connectivity index (χ4v) is 3.29. The number of anilines is 1. The molecule has 0 aliphatic carbocycles. The third-order valence-corrected chi connectivity index (χ3v) is 4.18. The lowest BCUT2D eigenvalue weighted by atomic mass is 10.0. The normalized spacial score (nSPS) is 24.4. The number of rotatable bonds is 1. The number of benzene rings is 2. The van der Waals surface area contributed by atoms with E-state index in [1.807, 2.05) is 18.2 Å². The van der Waals surface area contributed by atoms with Crippen molar-refractivity contribution >= 4 is 17.3 Å². The molecule has 2 aliphatic heterocycles. The summed E-state index contributed by atoms with van der Waals surface area (Å²) in [5.41, 5.74) is 3.80. The lowest BCUT2D eigenvalue weighted by molar-refractivity contribution is 0.0734. The zero-order chi connectivity index (χ0) is 12.8. The maximum atomic E-state index is 6.11. The average Bonchev–Trinajstić information content (AvgIpc) is 2.77. The summed E-state index contributed by atoms with van der Waals surface area (Å²) in [7, 11) is 0. The summed E-state index contributed by atoms with van der Waals surface area (Å²) in [6.07, 6.45) is 2.32. The molecule has 2 atom stereocenters. The largest absolute Gasteiger partial charge is 0.269 e. The summed E-state index contributed by atoms with van der Waals surface area (Å²) in [6.45, 7) is 0. The molecule has 0 N–H and O–H groups in total. The van der Waals surface area contributed by atoms with Gasteiger partial charge in [0.2, 0.25) is 0 Å². The third kappa shape index (κ3) is 1.83. The Morgan fingerprint density at radius 3 is 2.89 bits per heavy atom. The molecule has 0 aromatic heterocycles. The zero-order valence-electron chi connectivity index (χ0n) is 10.4. The van der Waals surface area contributed by atoms with Gasteiger partial charge in [0, 0.05) is 17.9 Å². The summed E-state index contributed by atoms with van der Waals surface area (Å²) in [5, 5.41) is 2.85. The molecule has 0 amide bonds. The van der Waals surface area contributed by atoms with Crippen LogP contribution in [-0.2, 0) is 11.3 Å². The van der Waals surface area contributed by atoms with Gasteiger partial charge in [-0.1, -0.05) is 41.9 Å². The van der Waals surface area contributed by atoms with Crippen molar-refractivity contribution in [2.75, 3.05) is 5.06 Å². The second kappa shape index (κ2) is 4.26. The van der Waals surface area contributed by atoms with Gasteiger partial charge in [-0.2, -0.15) is 0 Å². The summed E-state index contributed by atoms with van der Waals surface area (Å²) in [6, 6.07) is 16.8. The van der Waals surface area contributed by atoms with Crippen LogP contribution in [-0.4, -0.2) is 6.10 Å². The van der Waals surface area contributed by atoms with E-state index in [4.69, 9.17) is 16.4 Å². The van der Waals surface area contributed by atoms with Crippen molar-refractivity contribution in [3.63, 3.8) is 0 Å².